The van der Waals surface area contributed by atoms with Crippen molar-refractivity contribution >= 4 is 28.5 Å². The van der Waals surface area contributed by atoms with Crippen LogP contribution in [0, 0.1) is 10.1 Å². The Morgan fingerprint density at radius 3 is 2.54 bits per heavy atom. The van der Waals surface area contributed by atoms with Crippen LogP contribution < -0.4 is 5.32 Å². The van der Waals surface area contributed by atoms with Crippen LogP contribution in [0.25, 0.3) is 10.9 Å². The van der Waals surface area contributed by atoms with E-state index >= 15 is 0 Å². The highest BCUT2D eigenvalue weighted by atomic mass is 16.6. The number of carbonyl (C=O) groups excluding carboxylic acids is 2. The number of nitro benzene ring substituents is 1. The summed E-state index contributed by atoms with van der Waals surface area (Å²) in [6, 6.07) is 13.7. The minimum Gasteiger partial charge on any atom is -0.467 e. The van der Waals surface area contributed by atoms with Gasteiger partial charge in [-0.2, -0.15) is 0 Å². The third kappa shape index (κ3) is 4.12. The number of methoxy groups -OCH3 is 1. The molecule has 0 saturated carbocycles. The molecule has 3 rings (SSSR count). The lowest BCUT2D eigenvalue weighted by molar-refractivity contribution is -0.384. The van der Waals surface area contributed by atoms with Gasteiger partial charge in [0.05, 0.1) is 23.1 Å². The molecule has 8 nitrogen and oxygen atoms in total. The number of fused-ring (bicyclic) bond motifs is 1. The van der Waals surface area contributed by atoms with E-state index in [0.717, 1.165) is 5.39 Å². The van der Waals surface area contributed by atoms with Crippen LogP contribution in [0.15, 0.2) is 60.8 Å². The number of amides is 1. The Morgan fingerprint density at radius 2 is 1.86 bits per heavy atom. The minimum atomic E-state index is -0.946. The molecular formula is C20H17N3O5. The monoisotopic (exact) mass is 379 g/mol. The Morgan fingerprint density at radius 1 is 1.14 bits per heavy atom. The Kier molecular flexibility index (Phi) is 5.59. The number of aromatic nitrogens is 1. The van der Waals surface area contributed by atoms with Crippen LogP contribution in [0.1, 0.15) is 15.9 Å². The molecule has 28 heavy (non-hydrogen) atoms. The molecule has 142 valence electrons. The van der Waals surface area contributed by atoms with Gasteiger partial charge in [0.25, 0.3) is 11.6 Å². The number of rotatable bonds is 6. The van der Waals surface area contributed by atoms with E-state index in [2.05, 4.69) is 10.3 Å². The van der Waals surface area contributed by atoms with Gasteiger partial charge in [-0.15, -0.1) is 0 Å². The summed E-state index contributed by atoms with van der Waals surface area (Å²) in [5, 5.41) is 14.2. The van der Waals surface area contributed by atoms with Gasteiger partial charge in [-0.1, -0.05) is 30.3 Å². The van der Waals surface area contributed by atoms with E-state index in [1.807, 2.05) is 12.1 Å². The van der Waals surface area contributed by atoms with Crippen LogP contribution in [0.5, 0.6) is 0 Å². The van der Waals surface area contributed by atoms with Crippen LogP contribution in [0.4, 0.5) is 5.69 Å². The highest BCUT2D eigenvalue weighted by Gasteiger charge is 2.24. The number of benzene rings is 2. The molecule has 1 atom stereocenters. The molecule has 0 aliphatic heterocycles. The molecule has 0 spiro atoms. The molecule has 0 aliphatic carbocycles. The largest absolute Gasteiger partial charge is 0.467 e. The number of nitrogens with one attached hydrogen (secondary N) is 1. The maximum absolute atomic E-state index is 12.8. The topological polar surface area (TPSA) is 111 Å². The summed E-state index contributed by atoms with van der Waals surface area (Å²) in [4.78, 5) is 39.4. The quantitative estimate of drug-likeness (QED) is 0.400. The molecular weight excluding hydrogens is 362 g/mol. The number of pyridine rings is 1. The lowest BCUT2D eigenvalue weighted by Crippen LogP contribution is -2.43. The predicted molar refractivity (Wildman–Crippen MR) is 102 cm³/mol. The Balaban J connectivity index is 1.83. The summed E-state index contributed by atoms with van der Waals surface area (Å²) in [7, 11) is 1.23. The molecule has 1 amide bonds. The SMILES string of the molecule is COC(=O)[C@@H](Cc1ccc([N+](=O)[O-])cc1)NC(=O)c1cccc2cccnc12. The molecule has 8 heteroatoms. The highest BCUT2D eigenvalue weighted by molar-refractivity contribution is 6.06. The third-order valence-corrected chi connectivity index (χ3v) is 4.26. The van der Waals surface area contributed by atoms with E-state index in [1.54, 1.807) is 36.5 Å². The predicted octanol–water partition coefficient (Wildman–Crippen LogP) is 2.66. The van der Waals surface area contributed by atoms with Gasteiger partial charge >= 0.3 is 5.97 Å². The fraction of sp³-hybridized carbons (Fsp3) is 0.150. The van der Waals surface area contributed by atoms with E-state index in [0.29, 0.717) is 16.6 Å². The highest BCUT2D eigenvalue weighted by Crippen LogP contribution is 2.17. The second kappa shape index (κ2) is 8.26. The molecule has 0 bridgehead atoms. The van der Waals surface area contributed by atoms with Crippen LogP contribution >= 0.6 is 0 Å². The number of nitro groups is 1. The van der Waals surface area contributed by atoms with Crippen molar-refractivity contribution in [3.63, 3.8) is 0 Å². The van der Waals surface area contributed by atoms with Crippen molar-refractivity contribution in [3.8, 4) is 0 Å². The van der Waals surface area contributed by atoms with Crippen LogP contribution in [-0.4, -0.2) is 34.9 Å². The van der Waals surface area contributed by atoms with E-state index < -0.39 is 22.8 Å². The van der Waals surface area contributed by atoms with Gasteiger partial charge in [-0.25, -0.2) is 4.79 Å². The van der Waals surface area contributed by atoms with Gasteiger partial charge < -0.3 is 10.1 Å². The zero-order chi connectivity index (χ0) is 20.1. The zero-order valence-electron chi connectivity index (χ0n) is 15.0. The zero-order valence-corrected chi connectivity index (χ0v) is 15.0. The number of non-ortho nitro benzene ring substituents is 1. The molecule has 3 aromatic rings. The molecule has 1 N–H and O–H groups in total. The number of carbonyl (C=O) groups is 2. The normalized spacial score (nSPS) is 11.6. The van der Waals surface area contributed by atoms with Crippen molar-refractivity contribution in [1.29, 1.82) is 0 Å². The van der Waals surface area contributed by atoms with Crippen LogP contribution in [0.2, 0.25) is 0 Å². The lowest BCUT2D eigenvalue weighted by Gasteiger charge is -2.17. The number of hydrogen-bond acceptors (Lipinski definition) is 6. The summed E-state index contributed by atoms with van der Waals surface area (Å²) in [5.74, 6) is -1.07. The average Bonchev–Trinajstić information content (AvgIpc) is 2.72. The number of hydrogen-bond donors (Lipinski definition) is 1. The number of esters is 1. The summed E-state index contributed by atoms with van der Waals surface area (Å²) >= 11 is 0. The lowest BCUT2D eigenvalue weighted by atomic mass is 10.0. The maximum atomic E-state index is 12.8. The molecule has 2 aromatic carbocycles. The van der Waals surface area contributed by atoms with Crippen molar-refractivity contribution in [3.05, 3.63) is 82.0 Å². The van der Waals surface area contributed by atoms with Gasteiger partial charge in [0.2, 0.25) is 0 Å². The van der Waals surface area contributed by atoms with Crippen LogP contribution in [-0.2, 0) is 16.0 Å². The number of nitrogens with zero attached hydrogens (tertiary/aromatic N) is 2. The van der Waals surface area contributed by atoms with E-state index in [4.69, 9.17) is 4.74 Å². The first kappa shape index (κ1) is 19.0. The fourth-order valence-electron chi connectivity index (χ4n) is 2.85. The maximum Gasteiger partial charge on any atom is 0.328 e. The van der Waals surface area contributed by atoms with Crippen molar-refractivity contribution in [2.75, 3.05) is 7.11 Å². The van der Waals surface area contributed by atoms with Crippen molar-refractivity contribution in [2.24, 2.45) is 0 Å². The molecule has 0 fully saturated rings. The van der Waals surface area contributed by atoms with Gasteiger partial charge in [0.15, 0.2) is 0 Å². The van der Waals surface area contributed by atoms with Gasteiger partial charge in [-0.3, -0.25) is 19.9 Å². The molecule has 0 radical (unpaired) electrons. The molecule has 0 unspecified atom stereocenters. The van der Waals surface area contributed by atoms with Crippen molar-refractivity contribution < 1.29 is 19.2 Å². The Hall–Kier alpha value is -3.81. The molecule has 1 heterocycles. The van der Waals surface area contributed by atoms with Gasteiger partial charge in [0.1, 0.15) is 6.04 Å². The van der Waals surface area contributed by atoms with E-state index in [-0.39, 0.29) is 12.1 Å². The summed E-state index contributed by atoms with van der Waals surface area (Å²) < 4.78 is 4.79. The van der Waals surface area contributed by atoms with Crippen LogP contribution in [0.3, 0.4) is 0 Å². The summed E-state index contributed by atoms with van der Waals surface area (Å²) in [6.07, 6.45) is 1.72. The summed E-state index contributed by atoms with van der Waals surface area (Å²) in [6.45, 7) is 0. The second-order valence-electron chi connectivity index (χ2n) is 6.06. The first-order chi connectivity index (χ1) is 13.5. The first-order valence-corrected chi connectivity index (χ1v) is 8.45. The Bertz CT molecular complexity index is 1030. The number of para-hydroxylation sites is 1. The first-order valence-electron chi connectivity index (χ1n) is 8.45. The molecule has 0 saturated heterocycles. The number of ether oxygens (including phenoxy) is 1. The van der Waals surface area contributed by atoms with Gasteiger partial charge in [0, 0.05) is 30.1 Å². The van der Waals surface area contributed by atoms with Gasteiger partial charge in [-0.05, 0) is 17.7 Å². The van der Waals surface area contributed by atoms with Crippen molar-refractivity contribution in [2.45, 2.75) is 12.5 Å². The fourth-order valence-corrected chi connectivity index (χ4v) is 2.85. The minimum absolute atomic E-state index is 0.0516. The molecule has 1 aromatic heterocycles. The second-order valence-corrected chi connectivity index (χ2v) is 6.06. The smallest absolute Gasteiger partial charge is 0.328 e. The van der Waals surface area contributed by atoms with Crippen molar-refractivity contribution in [1.82, 2.24) is 10.3 Å². The Labute approximate surface area is 160 Å². The summed E-state index contributed by atoms with van der Waals surface area (Å²) in [5.41, 5.74) is 1.47. The van der Waals surface area contributed by atoms with E-state index in [1.165, 1.54) is 19.2 Å². The van der Waals surface area contributed by atoms with E-state index in [9.17, 15) is 19.7 Å². The third-order valence-electron chi connectivity index (χ3n) is 4.26. The molecule has 0 aliphatic rings. The average molecular weight is 379 g/mol. The standard InChI is InChI=1S/C20H17N3O5/c1-28-20(25)17(12-13-7-9-15(10-8-13)23(26)27)22-19(24)16-6-2-4-14-5-3-11-21-18(14)16/h2-11,17H,12H2,1H3,(H,22,24)/t17-/m1/s1.